The molecule has 2 rings (SSSR count). The molecule has 0 saturated carbocycles. The van der Waals surface area contributed by atoms with Crippen LogP contribution in [0.5, 0.6) is 5.75 Å². The Kier molecular flexibility index (Phi) is 4.88. The van der Waals surface area contributed by atoms with Crippen molar-refractivity contribution >= 4 is 0 Å². The summed E-state index contributed by atoms with van der Waals surface area (Å²) in [6.45, 7) is 1.88. The Hall–Kier alpha value is -1.98. The second-order valence-electron chi connectivity index (χ2n) is 4.88. The van der Waals surface area contributed by atoms with Gasteiger partial charge >= 0.3 is 0 Å². The number of halogens is 2. The topological polar surface area (TPSA) is 47.3 Å². The van der Waals surface area contributed by atoms with E-state index >= 15 is 0 Å². The van der Waals surface area contributed by atoms with Crippen molar-refractivity contribution in [2.75, 3.05) is 7.11 Å². The fourth-order valence-corrected chi connectivity index (χ4v) is 2.26. The van der Waals surface area contributed by atoms with Crippen LogP contribution in [0.15, 0.2) is 36.4 Å². The molecular formula is C16H18F2N2O. The molecule has 0 fully saturated rings. The summed E-state index contributed by atoms with van der Waals surface area (Å²) in [7, 11) is 1.48. The standard InChI is InChI=1S/C16H18F2N2O/c1-10-3-4-12(17)7-11(10)8-16(20-19)14-6-5-13(21-2)9-15(14)18/h3-7,9,16,20H,8,19H2,1-2H3. The van der Waals surface area contributed by atoms with E-state index in [0.29, 0.717) is 17.7 Å². The Bertz CT molecular complexity index is 632. The average molecular weight is 292 g/mol. The Balaban J connectivity index is 2.29. The smallest absolute Gasteiger partial charge is 0.131 e. The van der Waals surface area contributed by atoms with Crippen molar-refractivity contribution in [2.45, 2.75) is 19.4 Å². The van der Waals surface area contributed by atoms with Crippen LogP contribution in [0, 0.1) is 18.6 Å². The van der Waals surface area contributed by atoms with E-state index in [1.165, 1.54) is 25.3 Å². The van der Waals surface area contributed by atoms with E-state index in [1.807, 2.05) is 6.92 Å². The third-order valence-electron chi connectivity index (χ3n) is 3.52. The lowest BCUT2D eigenvalue weighted by Crippen LogP contribution is -2.30. The molecule has 3 N–H and O–H groups in total. The lowest BCUT2D eigenvalue weighted by Gasteiger charge is -2.19. The minimum atomic E-state index is -0.448. The van der Waals surface area contributed by atoms with E-state index in [-0.39, 0.29) is 5.82 Å². The highest BCUT2D eigenvalue weighted by Gasteiger charge is 2.17. The monoisotopic (exact) mass is 292 g/mol. The minimum absolute atomic E-state index is 0.318. The van der Waals surface area contributed by atoms with Gasteiger partial charge in [0, 0.05) is 11.6 Å². The second kappa shape index (κ2) is 6.65. The van der Waals surface area contributed by atoms with E-state index in [1.54, 1.807) is 18.2 Å². The first-order valence-corrected chi connectivity index (χ1v) is 6.59. The molecule has 0 spiro atoms. The molecule has 0 saturated heterocycles. The molecule has 3 nitrogen and oxygen atoms in total. The molecule has 0 bridgehead atoms. The number of nitrogens with one attached hydrogen (secondary N) is 1. The number of methoxy groups -OCH3 is 1. The predicted molar refractivity (Wildman–Crippen MR) is 77.9 cm³/mol. The Morgan fingerprint density at radius 1 is 1.19 bits per heavy atom. The normalized spacial score (nSPS) is 12.2. The molecule has 112 valence electrons. The van der Waals surface area contributed by atoms with E-state index in [4.69, 9.17) is 10.6 Å². The third-order valence-corrected chi connectivity index (χ3v) is 3.52. The number of hydrazine groups is 1. The summed E-state index contributed by atoms with van der Waals surface area (Å²) in [5.41, 5.74) is 4.73. The lowest BCUT2D eigenvalue weighted by atomic mass is 9.96. The highest BCUT2D eigenvalue weighted by molar-refractivity contribution is 5.33. The first kappa shape index (κ1) is 15.4. The fourth-order valence-electron chi connectivity index (χ4n) is 2.26. The maximum atomic E-state index is 14.1. The predicted octanol–water partition coefficient (Wildman–Crippen LogP) is 3.03. The summed E-state index contributed by atoms with van der Waals surface area (Å²) >= 11 is 0. The third kappa shape index (κ3) is 3.56. The van der Waals surface area contributed by atoms with Crippen LogP contribution < -0.4 is 16.0 Å². The van der Waals surface area contributed by atoms with Gasteiger partial charge in [0.05, 0.1) is 13.2 Å². The molecule has 1 unspecified atom stereocenters. The molecule has 5 heteroatoms. The molecule has 2 aromatic rings. The summed E-state index contributed by atoms with van der Waals surface area (Å²) in [6.07, 6.45) is 0.392. The van der Waals surface area contributed by atoms with Crippen molar-refractivity contribution in [3.8, 4) is 5.75 Å². The van der Waals surface area contributed by atoms with Crippen LogP contribution in [0.1, 0.15) is 22.7 Å². The maximum Gasteiger partial charge on any atom is 0.131 e. The van der Waals surface area contributed by atoms with Crippen LogP contribution in [-0.2, 0) is 6.42 Å². The van der Waals surface area contributed by atoms with Crippen molar-refractivity contribution in [3.05, 3.63) is 64.7 Å². The van der Waals surface area contributed by atoms with Crippen LogP contribution in [0.2, 0.25) is 0 Å². The van der Waals surface area contributed by atoms with Gasteiger partial charge in [-0.3, -0.25) is 11.3 Å². The van der Waals surface area contributed by atoms with E-state index in [9.17, 15) is 8.78 Å². The Labute approximate surface area is 122 Å². The summed E-state index contributed by atoms with van der Waals surface area (Å²) in [6, 6.07) is 8.69. The van der Waals surface area contributed by atoms with Gasteiger partial charge < -0.3 is 4.74 Å². The summed E-state index contributed by atoms with van der Waals surface area (Å²) < 4.78 is 32.4. The van der Waals surface area contributed by atoms with E-state index in [2.05, 4.69) is 5.43 Å². The van der Waals surface area contributed by atoms with Gasteiger partial charge in [-0.05, 0) is 42.7 Å². The minimum Gasteiger partial charge on any atom is -0.497 e. The van der Waals surface area contributed by atoms with E-state index < -0.39 is 11.9 Å². The lowest BCUT2D eigenvalue weighted by molar-refractivity contribution is 0.409. The van der Waals surface area contributed by atoms with Gasteiger partial charge in [-0.15, -0.1) is 0 Å². The van der Waals surface area contributed by atoms with Crippen molar-refractivity contribution in [3.63, 3.8) is 0 Å². The van der Waals surface area contributed by atoms with Crippen LogP contribution >= 0.6 is 0 Å². The molecule has 0 aliphatic heterocycles. The molecule has 0 aromatic heterocycles. The Morgan fingerprint density at radius 3 is 2.57 bits per heavy atom. The molecule has 1 atom stereocenters. The number of benzene rings is 2. The van der Waals surface area contributed by atoms with Crippen LogP contribution in [0.4, 0.5) is 8.78 Å². The number of rotatable bonds is 5. The number of aryl methyl sites for hydroxylation is 1. The quantitative estimate of drug-likeness (QED) is 0.658. The van der Waals surface area contributed by atoms with Crippen LogP contribution in [0.25, 0.3) is 0 Å². The fraction of sp³-hybridized carbons (Fsp3) is 0.250. The van der Waals surface area contributed by atoms with Gasteiger partial charge in [0.2, 0.25) is 0 Å². The van der Waals surface area contributed by atoms with Crippen LogP contribution in [0.3, 0.4) is 0 Å². The molecule has 0 radical (unpaired) electrons. The Morgan fingerprint density at radius 2 is 1.95 bits per heavy atom. The maximum absolute atomic E-state index is 14.1. The highest BCUT2D eigenvalue weighted by Crippen LogP contribution is 2.25. The number of ether oxygens (including phenoxy) is 1. The van der Waals surface area contributed by atoms with Crippen molar-refractivity contribution in [1.82, 2.24) is 5.43 Å². The molecule has 0 aliphatic rings. The number of hydrogen-bond donors (Lipinski definition) is 2. The number of nitrogens with two attached hydrogens (primary N) is 1. The van der Waals surface area contributed by atoms with Gasteiger partial charge in [0.25, 0.3) is 0 Å². The van der Waals surface area contributed by atoms with Crippen molar-refractivity contribution < 1.29 is 13.5 Å². The molecule has 0 amide bonds. The van der Waals surface area contributed by atoms with Gasteiger partial charge in [-0.2, -0.15) is 0 Å². The zero-order valence-corrected chi connectivity index (χ0v) is 12.0. The average Bonchev–Trinajstić information content (AvgIpc) is 2.48. The molecule has 0 aliphatic carbocycles. The summed E-state index contributed by atoms with van der Waals surface area (Å²) in [5.74, 6) is 5.25. The van der Waals surface area contributed by atoms with Crippen LogP contribution in [-0.4, -0.2) is 7.11 Å². The highest BCUT2D eigenvalue weighted by atomic mass is 19.1. The molecule has 0 heterocycles. The largest absolute Gasteiger partial charge is 0.497 e. The van der Waals surface area contributed by atoms with Gasteiger partial charge in [0.15, 0.2) is 0 Å². The second-order valence-corrected chi connectivity index (χ2v) is 4.88. The first-order valence-electron chi connectivity index (χ1n) is 6.59. The summed E-state index contributed by atoms with van der Waals surface area (Å²) in [5, 5.41) is 0. The zero-order valence-electron chi connectivity index (χ0n) is 12.0. The zero-order chi connectivity index (χ0) is 15.4. The van der Waals surface area contributed by atoms with Gasteiger partial charge in [0.1, 0.15) is 17.4 Å². The SMILES string of the molecule is COc1ccc(C(Cc2cc(F)ccc2C)NN)c(F)c1. The van der Waals surface area contributed by atoms with Crippen molar-refractivity contribution in [2.24, 2.45) is 5.84 Å². The van der Waals surface area contributed by atoms with Gasteiger partial charge in [-0.1, -0.05) is 12.1 Å². The van der Waals surface area contributed by atoms with E-state index in [0.717, 1.165) is 11.1 Å². The molecule has 2 aromatic carbocycles. The first-order chi connectivity index (χ1) is 10.0. The summed E-state index contributed by atoms with van der Waals surface area (Å²) in [4.78, 5) is 0. The molecule has 21 heavy (non-hydrogen) atoms. The van der Waals surface area contributed by atoms with Gasteiger partial charge in [-0.25, -0.2) is 8.78 Å². The van der Waals surface area contributed by atoms with Crippen molar-refractivity contribution in [1.29, 1.82) is 0 Å². The number of hydrogen-bond acceptors (Lipinski definition) is 3. The molecular weight excluding hydrogens is 274 g/mol.